The fourth-order valence-corrected chi connectivity index (χ4v) is 1.97. The van der Waals surface area contributed by atoms with Gasteiger partial charge in [0.05, 0.1) is 0 Å². The Balaban J connectivity index is 2.07. The summed E-state index contributed by atoms with van der Waals surface area (Å²) in [4.78, 5) is 0. The van der Waals surface area contributed by atoms with Crippen molar-refractivity contribution in [1.29, 1.82) is 0 Å². The van der Waals surface area contributed by atoms with Crippen molar-refractivity contribution in [3.8, 4) is 0 Å². The molecular formula is C8H13N. The topological polar surface area (TPSA) is 12.0 Å². The van der Waals surface area contributed by atoms with E-state index in [0.29, 0.717) is 0 Å². The standard InChI is InChI=1S/C8H13N/c1-3-7-4-2-6-9-8(7)5-1/h2,6-9H,1,3-5H2. The molecule has 2 aliphatic rings. The second-order valence-electron chi connectivity index (χ2n) is 3.10. The molecule has 1 fully saturated rings. The van der Waals surface area contributed by atoms with Crippen LogP contribution in [-0.4, -0.2) is 6.04 Å². The van der Waals surface area contributed by atoms with Gasteiger partial charge in [-0.2, -0.15) is 0 Å². The molecule has 9 heavy (non-hydrogen) atoms. The minimum Gasteiger partial charge on any atom is -0.388 e. The van der Waals surface area contributed by atoms with Gasteiger partial charge in [0.15, 0.2) is 0 Å². The molecule has 0 bridgehead atoms. The van der Waals surface area contributed by atoms with Crippen LogP contribution in [0.1, 0.15) is 25.7 Å². The average molecular weight is 123 g/mol. The SMILES string of the molecule is C1=CNC2CCCC2C1. The molecule has 1 heteroatoms. The molecule has 2 atom stereocenters. The molecule has 0 aromatic carbocycles. The van der Waals surface area contributed by atoms with Crippen molar-refractivity contribution in [3.63, 3.8) is 0 Å². The number of rotatable bonds is 0. The van der Waals surface area contributed by atoms with E-state index in [4.69, 9.17) is 0 Å². The molecule has 50 valence electrons. The van der Waals surface area contributed by atoms with E-state index < -0.39 is 0 Å². The Morgan fingerprint density at radius 2 is 2.33 bits per heavy atom. The third-order valence-corrected chi connectivity index (χ3v) is 2.53. The van der Waals surface area contributed by atoms with E-state index in [1.807, 2.05) is 0 Å². The smallest absolute Gasteiger partial charge is 0.0286 e. The van der Waals surface area contributed by atoms with E-state index in [9.17, 15) is 0 Å². The third-order valence-electron chi connectivity index (χ3n) is 2.53. The van der Waals surface area contributed by atoms with Crippen LogP contribution in [0.3, 0.4) is 0 Å². The monoisotopic (exact) mass is 123 g/mol. The molecule has 0 spiro atoms. The first-order valence-corrected chi connectivity index (χ1v) is 3.88. The zero-order chi connectivity index (χ0) is 6.10. The van der Waals surface area contributed by atoms with Crippen LogP contribution >= 0.6 is 0 Å². The quantitative estimate of drug-likeness (QED) is 0.516. The molecule has 1 heterocycles. The average Bonchev–Trinajstić information content (AvgIpc) is 2.33. The molecule has 2 rings (SSSR count). The highest BCUT2D eigenvalue weighted by Crippen LogP contribution is 2.30. The lowest BCUT2D eigenvalue weighted by Gasteiger charge is -2.22. The van der Waals surface area contributed by atoms with Crippen LogP contribution in [0, 0.1) is 5.92 Å². The highest BCUT2D eigenvalue weighted by Gasteiger charge is 2.26. The molecule has 0 aromatic rings. The lowest BCUT2D eigenvalue weighted by Crippen LogP contribution is -2.30. The number of hydrogen-bond acceptors (Lipinski definition) is 1. The summed E-state index contributed by atoms with van der Waals surface area (Å²) in [7, 11) is 0. The zero-order valence-electron chi connectivity index (χ0n) is 5.64. The molecule has 0 aromatic heterocycles. The van der Waals surface area contributed by atoms with Crippen molar-refractivity contribution >= 4 is 0 Å². The van der Waals surface area contributed by atoms with Crippen LogP contribution in [0.15, 0.2) is 12.3 Å². The van der Waals surface area contributed by atoms with E-state index >= 15 is 0 Å². The van der Waals surface area contributed by atoms with Crippen LogP contribution < -0.4 is 5.32 Å². The first-order valence-electron chi connectivity index (χ1n) is 3.88. The van der Waals surface area contributed by atoms with Gasteiger partial charge in [-0.3, -0.25) is 0 Å². The number of hydrogen-bond donors (Lipinski definition) is 1. The van der Waals surface area contributed by atoms with Crippen LogP contribution in [0.4, 0.5) is 0 Å². The Labute approximate surface area is 56.1 Å². The van der Waals surface area contributed by atoms with Crippen molar-refractivity contribution < 1.29 is 0 Å². The second kappa shape index (κ2) is 2.05. The van der Waals surface area contributed by atoms with Gasteiger partial charge in [-0.25, -0.2) is 0 Å². The van der Waals surface area contributed by atoms with Crippen LogP contribution in [0.2, 0.25) is 0 Å². The number of allylic oxidation sites excluding steroid dienone is 1. The predicted octanol–water partition coefficient (Wildman–Crippen LogP) is 1.66. The molecule has 1 aliphatic carbocycles. The second-order valence-corrected chi connectivity index (χ2v) is 3.10. The zero-order valence-corrected chi connectivity index (χ0v) is 5.64. The molecule has 1 aliphatic heterocycles. The van der Waals surface area contributed by atoms with Gasteiger partial charge in [-0.15, -0.1) is 0 Å². The Kier molecular flexibility index (Phi) is 1.22. The third kappa shape index (κ3) is 0.846. The molecule has 1 nitrogen and oxygen atoms in total. The normalized spacial score (nSPS) is 40.0. The van der Waals surface area contributed by atoms with Gasteiger partial charge in [0.25, 0.3) is 0 Å². The van der Waals surface area contributed by atoms with Gasteiger partial charge >= 0.3 is 0 Å². The molecule has 0 amide bonds. The summed E-state index contributed by atoms with van der Waals surface area (Å²) in [6.07, 6.45) is 9.97. The highest BCUT2D eigenvalue weighted by atomic mass is 14.9. The van der Waals surface area contributed by atoms with E-state index in [-0.39, 0.29) is 0 Å². The van der Waals surface area contributed by atoms with Crippen molar-refractivity contribution in [2.45, 2.75) is 31.7 Å². The highest BCUT2D eigenvalue weighted by molar-refractivity contribution is 4.97. The van der Waals surface area contributed by atoms with Crippen molar-refractivity contribution in [3.05, 3.63) is 12.3 Å². The fourth-order valence-electron chi connectivity index (χ4n) is 1.97. The molecular weight excluding hydrogens is 110 g/mol. The Morgan fingerprint density at radius 3 is 3.22 bits per heavy atom. The van der Waals surface area contributed by atoms with Gasteiger partial charge in [0, 0.05) is 6.04 Å². The first kappa shape index (κ1) is 5.33. The Bertz CT molecular complexity index is 115. The van der Waals surface area contributed by atoms with Crippen molar-refractivity contribution in [2.24, 2.45) is 5.92 Å². The van der Waals surface area contributed by atoms with E-state index in [1.165, 1.54) is 25.7 Å². The summed E-state index contributed by atoms with van der Waals surface area (Å²) in [5, 5.41) is 3.40. The molecule has 0 saturated heterocycles. The van der Waals surface area contributed by atoms with Gasteiger partial charge in [0.2, 0.25) is 0 Å². The summed E-state index contributed by atoms with van der Waals surface area (Å²) >= 11 is 0. The maximum absolute atomic E-state index is 3.40. The van der Waals surface area contributed by atoms with Crippen LogP contribution in [0.25, 0.3) is 0 Å². The summed E-state index contributed by atoms with van der Waals surface area (Å²) in [5.41, 5.74) is 0. The van der Waals surface area contributed by atoms with Gasteiger partial charge in [-0.1, -0.05) is 12.5 Å². The Hall–Kier alpha value is -0.460. The van der Waals surface area contributed by atoms with Crippen molar-refractivity contribution in [1.82, 2.24) is 5.32 Å². The maximum atomic E-state index is 3.40. The molecule has 1 saturated carbocycles. The molecule has 0 radical (unpaired) electrons. The summed E-state index contributed by atoms with van der Waals surface area (Å²) in [5.74, 6) is 0.968. The van der Waals surface area contributed by atoms with Crippen LogP contribution in [0.5, 0.6) is 0 Å². The van der Waals surface area contributed by atoms with Crippen molar-refractivity contribution in [2.75, 3.05) is 0 Å². The maximum Gasteiger partial charge on any atom is 0.0286 e. The first-order chi connectivity index (χ1) is 4.47. The number of nitrogens with one attached hydrogen (secondary N) is 1. The van der Waals surface area contributed by atoms with Crippen LogP contribution in [-0.2, 0) is 0 Å². The number of fused-ring (bicyclic) bond motifs is 1. The lowest BCUT2D eigenvalue weighted by molar-refractivity contribution is 0.423. The van der Waals surface area contributed by atoms with Gasteiger partial charge in [-0.05, 0) is 31.4 Å². The van der Waals surface area contributed by atoms with E-state index in [0.717, 1.165) is 12.0 Å². The summed E-state index contributed by atoms with van der Waals surface area (Å²) in [6, 6.07) is 0.829. The summed E-state index contributed by atoms with van der Waals surface area (Å²) in [6.45, 7) is 0. The lowest BCUT2D eigenvalue weighted by atomic mass is 9.97. The largest absolute Gasteiger partial charge is 0.388 e. The summed E-state index contributed by atoms with van der Waals surface area (Å²) < 4.78 is 0. The molecule has 1 N–H and O–H groups in total. The van der Waals surface area contributed by atoms with E-state index in [1.54, 1.807) is 0 Å². The fraction of sp³-hybridized carbons (Fsp3) is 0.750. The van der Waals surface area contributed by atoms with Gasteiger partial charge < -0.3 is 5.32 Å². The van der Waals surface area contributed by atoms with Gasteiger partial charge in [0.1, 0.15) is 0 Å². The minimum absolute atomic E-state index is 0.829. The van der Waals surface area contributed by atoms with E-state index in [2.05, 4.69) is 17.6 Å². The Morgan fingerprint density at radius 1 is 1.33 bits per heavy atom. The molecule has 2 unspecified atom stereocenters. The minimum atomic E-state index is 0.829. The predicted molar refractivity (Wildman–Crippen MR) is 38.0 cm³/mol.